The Balaban J connectivity index is 1.62. The molecule has 0 bridgehead atoms. The van der Waals surface area contributed by atoms with E-state index in [0.717, 1.165) is 24.0 Å². The Kier molecular flexibility index (Phi) is 5.58. The number of rotatable bonds is 7. The van der Waals surface area contributed by atoms with Crippen LogP contribution in [0.1, 0.15) is 35.9 Å². The zero-order valence-electron chi connectivity index (χ0n) is 14.5. The second-order valence-electron chi connectivity index (χ2n) is 5.87. The predicted molar refractivity (Wildman–Crippen MR) is 95.4 cm³/mol. The third kappa shape index (κ3) is 4.24. The van der Waals surface area contributed by atoms with E-state index >= 15 is 0 Å². The van der Waals surface area contributed by atoms with Crippen LogP contribution in [0, 0.1) is 0 Å². The number of benzene rings is 2. The number of aromatic hydroxyl groups is 1. The van der Waals surface area contributed by atoms with Crippen molar-refractivity contribution >= 4 is 5.97 Å². The normalized spacial score (nSPS) is 10.7. The monoisotopic (exact) mass is 352 g/mol. The van der Waals surface area contributed by atoms with Gasteiger partial charge in [0, 0.05) is 6.54 Å². The minimum absolute atomic E-state index is 0.0370. The molecule has 0 saturated carbocycles. The summed E-state index contributed by atoms with van der Waals surface area (Å²) in [5.74, 6) is 0.329. The summed E-state index contributed by atoms with van der Waals surface area (Å²) in [6.07, 6.45) is 2.00. The van der Waals surface area contributed by atoms with Crippen LogP contribution in [0.4, 0.5) is 0 Å². The highest BCUT2D eigenvalue weighted by atomic mass is 16.5. The zero-order valence-corrected chi connectivity index (χ0v) is 14.5. The highest BCUT2D eigenvalue weighted by Gasteiger charge is 2.11. The molecule has 26 heavy (non-hydrogen) atoms. The van der Waals surface area contributed by atoms with Crippen LogP contribution in [-0.4, -0.2) is 31.3 Å². The number of phenolic OH excluding ortho intramolecular Hbond substituents is 1. The number of nitrogens with zero attached hydrogens (tertiary/aromatic N) is 4. The number of aryl methyl sites for hydroxylation is 1. The van der Waals surface area contributed by atoms with Crippen LogP contribution >= 0.6 is 0 Å². The predicted octanol–water partition coefficient (Wildman–Crippen LogP) is 3.20. The lowest BCUT2D eigenvalue weighted by Gasteiger charge is -2.07. The number of hydrogen-bond acceptors (Lipinski definition) is 6. The summed E-state index contributed by atoms with van der Waals surface area (Å²) in [4.78, 5) is 12.2. The maximum absolute atomic E-state index is 12.2. The first-order valence-electron chi connectivity index (χ1n) is 8.49. The van der Waals surface area contributed by atoms with Crippen LogP contribution in [0.25, 0.3) is 11.1 Å². The molecular weight excluding hydrogens is 332 g/mol. The SMILES string of the molecule is CCCCn1nnnc1COC(=O)c1ccc(-c2ccc(O)cc2)cc1. The van der Waals surface area contributed by atoms with E-state index in [1.807, 2.05) is 24.3 Å². The molecule has 7 heteroatoms. The molecule has 1 aromatic heterocycles. The summed E-state index contributed by atoms with van der Waals surface area (Å²) in [6, 6.07) is 14.0. The summed E-state index contributed by atoms with van der Waals surface area (Å²) in [5.41, 5.74) is 2.36. The van der Waals surface area contributed by atoms with Crippen LogP contribution in [-0.2, 0) is 17.9 Å². The fourth-order valence-electron chi connectivity index (χ4n) is 2.47. The number of esters is 1. The molecule has 2 aromatic carbocycles. The summed E-state index contributed by atoms with van der Waals surface area (Å²) in [7, 11) is 0. The van der Waals surface area contributed by atoms with Crippen molar-refractivity contribution in [1.82, 2.24) is 20.2 Å². The van der Waals surface area contributed by atoms with Crippen LogP contribution in [0.15, 0.2) is 48.5 Å². The first-order chi connectivity index (χ1) is 12.7. The van der Waals surface area contributed by atoms with Crippen molar-refractivity contribution in [2.24, 2.45) is 0 Å². The average molecular weight is 352 g/mol. The van der Waals surface area contributed by atoms with Gasteiger partial charge in [0.1, 0.15) is 5.75 Å². The molecule has 0 saturated heterocycles. The average Bonchev–Trinajstić information content (AvgIpc) is 3.12. The van der Waals surface area contributed by atoms with Crippen molar-refractivity contribution in [2.75, 3.05) is 0 Å². The number of carbonyl (C=O) groups is 1. The van der Waals surface area contributed by atoms with Gasteiger partial charge in [0.15, 0.2) is 12.4 Å². The molecule has 1 N–H and O–H groups in total. The molecule has 0 amide bonds. The summed E-state index contributed by atoms with van der Waals surface area (Å²) in [5, 5.41) is 20.8. The van der Waals surface area contributed by atoms with E-state index in [0.29, 0.717) is 17.9 Å². The third-order valence-corrected chi connectivity index (χ3v) is 3.98. The van der Waals surface area contributed by atoms with Crippen LogP contribution < -0.4 is 0 Å². The molecule has 0 aliphatic heterocycles. The topological polar surface area (TPSA) is 90.1 Å². The maximum Gasteiger partial charge on any atom is 0.338 e. The van der Waals surface area contributed by atoms with Gasteiger partial charge in [0.2, 0.25) is 0 Å². The number of aromatic nitrogens is 4. The Labute approximate surface area is 151 Å². The van der Waals surface area contributed by atoms with Crippen molar-refractivity contribution in [3.8, 4) is 16.9 Å². The Hall–Kier alpha value is -3.22. The van der Waals surface area contributed by atoms with Gasteiger partial charge in [-0.25, -0.2) is 9.48 Å². The smallest absolute Gasteiger partial charge is 0.338 e. The lowest BCUT2D eigenvalue weighted by molar-refractivity contribution is 0.0456. The van der Waals surface area contributed by atoms with E-state index in [1.54, 1.807) is 28.9 Å². The number of tetrazole rings is 1. The molecule has 0 aliphatic rings. The first-order valence-corrected chi connectivity index (χ1v) is 8.49. The van der Waals surface area contributed by atoms with Gasteiger partial charge < -0.3 is 9.84 Å². The van der Waals surface area contributed by atoms with Gasteiger partial charge in [0.05, 0.1) is 5.56 Å². The van der Waals surface area contributed by atoms with E-state index < -0.39 is 5.97 Å². The van der Waals surface area contributed by atoms with Crippen molar-refractivity contribution in [3.05, 3.63) is 59.9 Å². The molecule has 0 spiro atoms. The number of hydrogen-bond donors (Lipinski definition) is 1. The molecule has 3 aromatic rings. The second kappa shape index (κ2) is 8.24. The van der Waals surface area contributed by atoms with Gasteiger partial charge in [-0.1, -0.05) is 37.6 Å². The standard InChI is InChI=1S/C19H20N4O3/c1-2-3-12-23-18(20-21-22-23)13-26-19(25)16-6-4-14(5-7-16)15-8-10-17(24)11-9-15/h4-11,24H,2-3,12-13H2,1H3. The lowest BCUT2D eigenvalue weighted by Crippen LogP contribution is -2.11. The van der Waals surface area contributed by atoms with Gasteiger partial charge in [-0.05, 0) is 52.2 Å². The van der Waals surface area contributed by atoms with Gasteiger partial charge >= 0.3 is 5.97 Å². The quantitative estimate of drug-likeness (QED) is 0.657. The van der Waals surface area contributed by atoms with Crippen molar-refractivity contribution in [3.63, 3.8) is 0 Å². The highest BCUT2D eigenvalue weighted by molar-refractivity contribution is 5.90. The van der Waals surface area contributed by atoms with E-state index in [9.17, 15) is 9.90 Å². The van der Waals surface area contributed by atoms with E-state index in [1.165, 1.54) is 0 Å². The molecule has 0 radical (unpaired) electrons. The fraction of sp³-hybridized carbons (Fsp3) is 0.263. The highest BCUT2D eigenvalue weighted by Crippen LogP contribution is 2.22. The molecule has 0 atom stereocenters. The second-order valence-corrected chi connectivity index (χ2v) is 5.87. The number of carbonyl (C=O) groups excluding carboxylic acids is 1. The molecule has 0 aliphatic carbocycles. The Morgan fingerprint density at radius 3 is 2.38 bits per heavy atom. The van der Waals surface area contributed by atoms with Crippen molar-refractivity contribution in [2.45, 2.75) is 32.9 Å². The summed E-state index contributed by atoms with van der Waals surface area (Å²) >= 11 is 0. The van der Waals surface area contributed by atoms with Gasteiger partial charge in [0.25, 0.3) is 0 Å². The zero-order chi connectivity index (χ0) is 18.4. The molecule has 134 valence electrons. The Morgan fingerprint density at radius 2 is 1.73 bits per heavy atom. The number of unbranched alkanes of at least 4 members (excludes halogenated alkanes) is 1. The first kappa shape index (κ1) is 17.6. The van der Waals surface area contributed by atoms with Crippen LogP contribution in [0.5, 0.6) is 5.75 Å². The molecule has 7 nitrogen and oxygen atoms in total. The number of phenols is 1. The number of ether oxygens (including phenoxy) is 1. The Morgan fingerprint density at radius 1 is 1.08 bits per heavy atom. The lowest BCUT2D eigenvalue weighted by atomic mass is 10.0. The summed E-state index contributed by atoms with van der Waals surface area (Å²) in [6.45, 7) is 2.83. The van der Waals surface area contributed by atoms with Gasteiger partial charge in [-0.2, -0.15) is 0 Å². The molecule has 0 fully saturated rings. The van der Waals surface area contributed by atoms with Crippen LogP contribution in [0.2, 0.25) is 0 Å². The van der Waals surface area contributed by atoms with Crippen LogP contribution in [0.3, 0.4) is 0 Å². The van der Waals surface area contributed by atoms with Crippen molar-refractivity contribution < 1.29 is 14.6 Å². The minimum atomic E-state index is -0.424. The van der Waals surface area contributed by atoms with Gasteiger partial charge in [-0.3, -0.25) is 0 Å². The molecule has 3 rings (SSSR count). The maximum atomic E-state index is 12.2. The largest absolute Gasteiger partial charge is 0.508 e. The summed E-state index contributed by atoms with van der Waals surface area (Å²) < 4.78 is 6.98. The van der Waals surface area contributed by atoms with Crippen molar-refractivity contribution in [1.29, 1.82) is 0 Å². The molecular formula is C19H20N4O3. The third-order valence-electron chi connectivity index (χ3n) is 3.98. The van der Waals surface area contributed by atoms with Gasteiger partial charge in [-0.15, -0.1) is 5.10 Å². The van der Waals surface area contributed by atoms with E-state index in [2.05, 4.69) is 22.4 Å². The fourth-order valence-corrected chi connectivity index (χ4v) is 2.47. The molecule has 1 heterocycles. The Bertz CT molecular complexity index is 857. The van der Waals surface area contributed by atoms with E-state index in [4.69, 9.17) is 4.74 Å². The van der Waals surface area contributed by atoms with E-state index in [-0.39, 0.29) is 12.4 Å². The molecule has 0 unspecified atom stereocenters. The minimum Gasteiger partial charge on any atom is -0.508 e.